The minimum absolute atomic E-state index is 0. The Morgan fingerprint density at radius 1 is 1.23 bits per heavy atom. The van der Waals surface area contributed by atoms with Crippen LogP contribution in [-0.4, -0.2) is 34.7 Å². The summed E-state index contributed by atoms with van der Waals surface area (Å²) in [7, 11) is 0. The van der Waals surface area contributed by atoms with Crippen molar-refractivity contribution in [1.29, 1.82) is 0 Å². The summed E-state index contributed by atoms with van der Waals surface area (Å²) in [6, 6.07) is 14.9. The Morgan fingerprint density at radius 2 is 1.97 bits per heavy atom. The third-order valence-corrected chi connectivity index (χ3v) is 4.84. The molecular weight excluding hydrogens is 403 g/mol. The van der Waals surface area contributed by atoms with Gasteiger partial charge in [-0.05, 0) is 30.5 Å². The number of rotatable bonds is 3. The zero-order valence-electron chi connectivity index (χ0n) is 17.7. The first kappa shape index (κ1) is 24.6. The van der Waals surface area contributed by atoms with Gasteiger partial charge in [0.05, 0.1) is 6.20 Å². The van der Waals surface area contributed by atoms with Crippen molar-refractivity contribution in [2.75, 3.05) is 6.54 Å². The standard InChI is InChI=1S/C14H16NO2.C10H8NO.K/c1-10-4-3-5-12(6-10)14(17)15-8-11(2)7-13(15)9-16;1-8-2-4-9(5-3-8)10-6-11-7-12-10;/h3-6,11,13H,7-8H2,1-2H3;2-7H,1H2;/q2*-1;+1. The van der Waals surface area contributed by atoms with Crippen LogP contribution in [0.2, 0.25) is 0 Å². The van der Waals surface area contributed by atoms with Crippen molar-refractivity contribution >= 4 is 12.2 Å². The van der Waals surface area contributed by atoms with Crippen molar-refractivity contribution in [2.24, 2.45) is 5.92 Å². The van der Waals surface area contributed by atoms with Gasteiger partial charge in [0.25, 0.3) is 5.91 Å². The molecule has 2 heterocycles. The molecule has 5 nitrogen and oxygen atoms in total. The van der Waals surface area contributed by atoms with Crippen LogP contribution >= 0.6 is 0 Å². The number of likely N-dealkylation sites (tertiary alicyclic amines) is 1. The quantitative estimate of drug-likeness (QED) is 0.469. The van der Waals surface area contributed by atoms with Crippen molar-refractivity contribution in [3.8, 4) is 11.3 Å². The number of nitrogens with zero attached hydrogens (tertiary/aromatic N) is 2. The summed E-state index contributed by atoms with van der Waals surface area (Å²) in [6.45, 7) is 8.44. The molecule has 0 saturated carbocycles. The fourth-order valence-electron chi connectivity index (χ4n) is 3.35. The van der Waals surface area contributed by atoms with Crippen LogP contribution in [0.3, 0.4) is 0 Å². The van der Waals surface area contributed by atoms with Crippen molar-refractivity contribution in [3.05, 3.63) is 84.7 Å². The average molecular weight is 428 g/mol. The molecule has 0 spiro atoms. The number of benzene rings is 2. The Labute approximate surface area is 220 Å². The minimum Gasteiger partial charge on any atom is -0.540 e. The van der Waals surface area contributed by atoms with E-state index in [1.54, 1.807) is 17.2 Å². The summed E-state index contributed by atoms with van der Waals surface area (Å²) >= 11 is 0. The van der Waals surface area contributed by atoms with E-state index in [0.717, 1.165) is 28.9 Å². The van der Waals surface area contributed by atoms with E-state index in [4.69, 9.17) is 4.42 Å². The van der Waals surface area contributed by atoms with Gasteiger partial charge in [-0.3, -0.25) is 4.79 Å². The van der Waals surface area contributed by atoms with Gasteiger partial charge in [0, 0.05) is 12.1 Å². The molecule has 1 saturated heterocycles. The third kappa shape index (κ3) is 6.39. The summed E-state index contributed by atoms with van der Waals surface area (Å²) < 4.78 is 5.13. The number of aryl methyl sites for hydroxylation is 1. The van der Waals surface area contributed by atoms with Gasteiger partial charge in [-0.1, -0.05) is 37.1 Å². The van der Waals surface area contributed by atoms with Gasteiger partial charge in [-0.15, -0.1) is 12.1 Å². The maximum atomic E-state index is 12.3. The summed E-state index contributed by atoms with van der Waals surface area (Å²) in [6.07, 6.45) is 5.80. The Morgan fingerprint density at radius 3 is 2.57 bits per heavy atom. The fourth-order valence-corrected chi connectivity index (χ4v) is 3.35. The largest absolute Gasteiger partial charge is 1.00 e. The Kier molecular flexibility index (Phi) is 9.52. The van der Waals surface area contributed by atoms with Crippen molar-refractivity contribution in [3.63, 3.8) is 0 Å². The average Bonchev–Trinajstić information content (AvgIpc) is 3.38. The molecule has 1 aliphatic rings. The van der Waals surface area contributed by atoms with E-state index in [-0.39, 0.29) is 63.3 Å². The third-order valence-electron chi connectivity index (χ3n) is 4.84. The summed E-state index contributed by atoms with van der Waals surface area (Å²) in [5.41, 5.74) is 3.73. The van der Waals surface area contributed by atoms with Gasteiger partial charge in [0.15, 0.2) is 12.2 Å². The molecule has 0 N–H and O–H groups in total. The second-order valence-electron chi connectivity index (χ2n) is 7.36. The fraction of sp³-hybridized carbons (Fsp3) is 0.250. The summed E-state index contributed by atoms with van der Waals surface area (Å²) in [4.78, 5) is 28.6. The van der Waals surface area contributed by atoms with Crippen LogP contribution < -0.4 is 51.4 Å². The van der Waals surface area contributed by atoms with Crippen LogP contribution in [0, 0.1) is 19.8 Å². The van der Waals surface area contributed by atoms with E-state index < -0.39 is 0 Å². The molecule has 150 valence electrons. The zero-order valence-corrected chi connectivity index (χ0v) is 20.8. The van der Waals surface area contributed by atoms with Crippen LogP contribution in [0.25, 0.3) is 11.3 Å². The zero-order chi connectivity index (χ0) is 20.8. The number of hydrogen-bond acceptors (Lipinski definition) is 4. The number of carbonyl (C=O) groups is 1. The molecule has 2 unspecified atom stereocenters. The van der Waals surface area contributed by atoms with Gasteiger partial charge in [0.2, 0.25) is 0 Å². The first-order valence-electron chi connectivity index (χ1n) is 9.54. The number of oxazole rings is 1. The number of amides is 1. The smallest absolute Gasteiger partial charge is 0.540 e. The monoisotopic (exact) mass is 427 g/mol. The van der Waals surface area contributed by atoms with Crippen LogP contribution in [-0.2, 0) is 4.79 Å². The van der Waals surface area contributed by atoms with Gasteiger partial charge in [-0.25, -0.2) is 11.3 Å². The van der Waals surface area contributed by atoms with E-state index in [1.165, 1.54) is 6.39 Å². The molecule has 1 aliphatic heterocycles. The van der Waals surface area contributed by atoms with Crippen LogP contribution in [0.1, 0.15) is 34.8 Å². The van der Waals surface area contributed by atoms with E-state index in [1.807, 2.05) is 62.6 Å². The second-order valence-corrected chi connectivity index (χ2v) is 7.36. The number of hydrogen-bond donors (Lipinski definition) is 0. The molecule has 2 atom stereocenters. The maximum absolute atomic E-state index is 12.3. The van der Waals surface area contributed by atoms with Crippen molar-refractivity contribution < 1.29 is 65.4 Å². The van der Waals surface area contributed by atoms with Crippen LogP contribution in [0.4, 0.5) is 0 Å². The number of carbonyl (C=O) groups excluding carboxylic acids is 2. The number of aromatic nitrogens is 1. The minimum atomic E-state index is -0.377. The first-order chi connectivity index (χ1) is 14.0. The van der Waals surface area contributed by atoms with Crippen LogP contribution in [0.15, 0.2) is 65.5 Å². The van der Waals surface area contributed by atoms with E-state index in [2.05, 4.69) is 11.9 Å². The molecule has 1 amide bonds. The second kappa shape index (κ2) is 11.6. The molecule has 4 rings (SSSR count). The van der Waals surface area contributed by atoms with Crippen molar-refractivity contribution in [1.82, 2.24) is 9.88 Å². The summed E-state index contributed by atoms with van der Waals surface area (Å²) in [5.74, 6) is 1.09. The normalized spacial score (nSPS) is 17.5. The predicted molar refractivity (Wildman–Crippen MR) is 112 cm³/mol. The molecule has 30 heavy (non-hydrogen) atoms. The van der Waals surface area contributed by atoms with E-state index in [0.29, 0.717) is 18.0 Å². The SMILES string of the molecule is Cc1cccc(C(=O)N2CC(C)CC2[C-]=O)c1.[CH2-]c1ccc(-c2cnco2)cc1.[K+]. The van der Waals surface area contributed by atoms with E-state index in [9.17, 15) is 9.59 Å². The first-order valence-corrected chi connectivity index (χ1v) is 9.54. The molecule has 6 heteroatoms. The van der Waals surface area contributed by atoms with Gasteiger partial charge >= 0.3 is 51.4 Å². The van der Waals surface area contributed by atoms with Gasteiger partial charge < -0.3 is 14.1 Å². The topological polar surface area (TPSA) is 63.4 Å². The van der Waals surface area contributed by atoms with Crippen molar-refractivity contribution in [2.45, 2.75) is 26.3 Å². The molecule has 2 aromatic carbocycles. The molecule has 0 bridgehead atoms. The van der Waals surface area contributed by atoms with Gasteiger partial charge in [-0.2, -0.15) is 24.6 Å². The molecule has 3 aromatic rings. The Balaban J connectivity index is 0.000000218. The molecule has 0 radical (unpaired) electrons. The van der Waals surface area contributed by atoms with E-state index >= 15 is 0 Å². The Hall–Kier alpha value is -1.70. The molecule has 1 fully saturated rings. The maximum Gasteiger partial charge on any atom is 1.00 e. The Bertz CT molecular complexity index is 955. The van der Waals surface area contributed by atoms with Gasteiger partial charge in [0.1, 0.15) is 0 Å². The predicted octanol–water partition coefficient (Wildman–Crippen LogP) is 1.48. The van der Waals surface area contributed by atoms with Crippen LogP contribution in [0.5, 0.6) is 0 Å². The molecular formula is C24H24KN2O3-. The molecule has 1 aromatic heterocycles. The summed E-state index contributed by atoms with van der Waals surface area (Å²) in [5, 5.41) is 0. The molecule has 0 aliphatic carbocycles.